The lowest BCUT2D eigenvalue weighted by atomic mass is 10.0. The standard InChI is InChI=1S/C21H38O3/c1-4-5-6-7-8-9-10-11-12-13-15-18(2)21-19(24-21)16-14-17-20(22)23-3/h15,19,21H,4-14,16-17H2,1-3H3/b18-15+. The van der Waals surface area contributed by atoms with Crippen LogP contribution in [0, 0.1) is 0 Å². The molecule has 1 rings (SSSR count). The van der Waals surface area contributed by atoms with Crippen molar-refractivity contribution in [2.24, 2.45) is 0 Å². The Labute approximate surface area is 149 Å². The second-order valence-electron chi connectivity index (χ2n) is 7.13. The lowest BCUT2D eigenvalue weighted by molar-refractivity contribution is -0.140. The molecule has 140 valence electrons. The Kier molecular flexibility index (Phi) is 11.9. The minimum absolute atomic E-state index is 0.121. The third kappa shape index (κ3) is 10.1. The van der Waals surface area contributed by atoms with Crippen LogP contribution in [0.25, 0.3) is 0 Å². The van der Waals surface area contributed by atoms with Gasteiger partial charge in [0, 0.05) is 6.42 Å². The van der Waals surface area contributed by atoms with Gasteiger partial charge in [-0.15, -0.1) is 0 Å². The number of rotatable bonds is 15. The van der Waals surface area contributed by atoms with E-state index in [1.165, 1.54) is 76.9 Å². The van der Waals surface area contributed by atoms with Crippen LogP contribution in [0.4, 0.5) is 0 Å². The Morgan fingerprint density at radius 1 is 1.00 bits per heavy atom. The van der Waals surface area contributed by atoms with Crippen LogP contribution >= 0.6 is 0 Å². The molecule has 0 bridgehead atoms. The summed E-state index contributed by atoms with van der Waals surface area (Å²) in [5.74, 6) is -0.121. The number of hydrogen-bond donors (Lipinski definition) is 0. The summed E-state index contributed by atoms with van der Waals surface area (Å²) in [6.45, 7) is 4.45. The molecule has 1 aliphatic rings. The molecule has 1 heterocycles. The Hall–Kier alpha value is -0.830. The van der Waals surface area contributed by atoms with Gasteiger partial charge in [0.2, 0.25) is 0 Å². The molecular formula is C21H38O3. The Bertz CT molecular complexity index is 362. The fraction of sp³-hybridized carbons (Fsp3) is 0.857. The highest BCUT2D eigenvalue weighted by Gasteiger charge is 2.39. The maximum absolute atomic E-state index is 11.1. The number of methoxy groups -OCH3 is 1. The average Bonchev–Trinajstić information content (AvgIpc) is 3.36. The van der Waals surface area contributed by atoms with Gasteiger partial charge in [-0.1, -0.05) is 64.4 Å². The van der Waals surface area contributed by atoms with E-state index < -0.39 is 0 Å². The number of hydrogen-bond acceptors (Lipinski definition) is 3. The van der Waals surface area contributed by atoms with E-state index in [1.54, 1.807) is 0 Å². The lowest BCUT2D eigenvalue weighted by Crippen LogP contribution is -2.02. The Balaban J connectivity index is 1.93. The summed E-state index contributed by atoms with van der Waals surface area (Å²) in [5, 5.41) is 0. The molecule has 1 saturated heterocycles. The first-order valence-corrected chi connectivity index (χ1v) is 10.1. The summed E-state index contributed by atoms with van der Waals surface area (Å²) in [6, 6.07) is 0. The van der Waals surface area contributed by atoms with Crippen molar-refractivity contribution < 1.29 is 14.3 Å². The van der Waals surface area contributed by atoms with Gasteiger partial charge in [-0.05, 0) is 38.2 Å². The quantitative estimate of drug-likeness (QED) is 0.160. The highest BCUT2D eigenvalue weighted by Crippen LogP contribution is 2.33. The summed E-state index contributed by atoms with van der Waals surface area (Å²) in [4.78, 5) is 11.1. The normalized spacial score (nSPS) is 20.2. The lowest BCUT2D eigenvalue weighted by Gasteiger charge is -2.01. The second kappa shape index (κ2) is 13.5. The van der Waals surface area contributed by atoms with Gasteiger partial charge in [0.05, 0.1) is 13.2 Å². The largest absolute Gasteiger partial charge is 0.469 e. The molecule has 24 heavy (non-hydrogen) atoms. The molecule has 0 aromatic rings. The van der Waals surface area contributed by atoms with E-state index in [2.05, 4.69) is 24.7 Å². The fourth-order valence-corrected chi connectivity index (χ4v) is 3.21. The van der Waals surface area contributed by atoms with E-state index in [-0.39, 0.29) is 5.97 Å². The van der Waals surface area contributed by atoms with Gasteiger partial charge < -0.3 is 9.47 Å². The van der Waals surface area contributed by atoms with Crippen LogP contribution < -0.4 is 0 Å². The van der Waals surface area contributed by atoms with E-state index in [9.17, 15) is 4.79 Å². The van der Waals surface area contributed by atoms with E-state index in [4.69, 9.17) is 4.74 Å². The highest BCUT2D eigenvalue weighted by molar-refractivity contribution is 5.68. The smallest absolute Gasteiger partial charge is 0.305 e. The van der Waals surface area contributed by atoms with Crippen LogP contribution in [0.2, 0.25) is 0 Å². The van der Waals surface area contributed by atoms with Gasteiger partial charge in [-0.25, -0.2) is 0 Å². The molecule has 3 nitrogen and oxygen atoms in total. The van der Waals surface area contributed by atoms with Gasteiger partial charge in [0.1, 0.15) is 6.10 Å². The Morgan fingerprint density at radius 3 is 2.25 bits per heavy atom. The van der Waals surface area contributed by atoms with Crippen LogP contribution in [0.15, 0.2) is 11.6 Å². The van der Waals surface area contributed by atoms with Crippen molar-refractivity contribution in [3.05, 3.63) is 11.6 Å². The molecule has 0 saturated carbocycles. The summed E-state index contributed by atoms with van der Waals surface area (Å²) in [6.07, 6.45) is 18.9. The van der Waals surface area contributed by atoms with Crippen LogP contribution in [0.3, 0.4) is 0 Å². The fourth-order valence-electron chi connectivity index (χ4n) is 3.21. The van der Waals surface area contributed by atoms with Crippen molar-refractivity contribution in [1.82, 2.24) is 0 Å². The number of carbonyl (C=O) groups excluding carboxylic acids is 1. The van der Waals surface area contributed by atoms with Crippen LogP contribution in [-0.2, 0) is 14.3 Å². The minimum Gasteiger partial charge on any atom is -0.469 e. The molecule has 0 aliphatic carbocycles. The van der Waals surface area contributed by atoms with Crippen molar-refractivity contribution in [3.8, 4) is 0 Å². The molecule has 0 aromatic carbocycles. The predicted octanol–water partition coefficient (Wildman–Crippen LogP) is 5.96. The number of esters is 1. The first-order valence-electron chi connectivity index (χ1n) is 10.1. The monoisotopic (exact) mass is 338 g/mol. The van der Waals surface area contributed by atoms with Gasteiger partial charge in [-0.3, -0.25) is 4.79 Å². The van der Waals surface area contributed by atoms with Gasteiger partial charge in [0.25, 0.3) is 0 Å². The number of carbonyl (C=O) groups is 1. The van der Waals surface area contributed by atoms with Gasteiger partial charge in [0.15, 0.2) is 0 Å². The zero-order valence-electron chi connectivity index (χ0n) is 16.1. The van der Waals surface area contributed by atoms with Crippen LogP contribution in [0.5, 0.6) is 0 Å². The maximum atomic E-state index is 11.1. The molecule has 2 atom stereocenters. The number of ether oxygens (including phenoxy) is 2. The molecule has 0 amide bonds. The summed E-state index contributed by atoms with van der Waals surface area (Å²) in [5.41, 5.74) is 1.37. The average molecular weight is 339 g/mol. The number of unbranched alkanes of at least 4 members (excludes halogenated alkanes) is 9. The minimum atomic E-state index is -0.121. The topological polar surface area (TPSA) is 38.8 Å². The molecule has 1 aliphatic heterocycles. The molecule has 3 heteroatoms. The van der Waals surface area contributed by atoms with Gasteiger partial charge in [-0.2, -0.15) is 0 Å². The molecule has 0 radical (unpaired) electrons. The molecule has 0 aromatic heterocycles. The second-order valence-corrected chi connectivity index (χ2v) is 7.13. The first kappa shape index (κ1) is 21.2. The summed E-state index contributed by atoms with van der Waals surface area (Å²) >= 11 is 0. The van der Waals surface area contributed by atoms with E-state index in [0.29, 0.717) is 18.6 Å². The summed E-state index contributed by atoms with van der Waals surface area (Å²) < 4.78 is 10.4. The Morgan fingerprint density at radius 2 is 1.62 bits per heavy atom. The maximum Gasteiger partial charge on any atom is 0.305 e. The molecule has 2 unspecified atom stereocenters. The molecule has 0 spiro atoms. The third-order valence-corrected chi connectivity index (χ3v) is 4.90. The number of allylic oxidation sites excluding steroid dienone is 1. The van der Waals surface area contributed by atoms with Crippen LogP contribution in [-0.4, -0.2) is 25.3 Å². The molecule has 1 fully saturated rings. The third-order valence-electron chi connectivity index (χ3n) is 4.90. The number of epoxide rings is 1. The SMILES string of the molecule is CCCCCCCCCCC/C=C(\C)C1OC1CCCC(=O)OC. The molecular weight excluding hydrogens is 300 g/mol. The first-order chi connectivity index (χ1) is 11.7. The molecule has 0 N–H and O–H groups in total. The van der Waals surface area contributed by atoms with E-state index >= 15 is 0 Å². The zero-order valence-corrected chi connectivity index (χ0v) is 16.1. The van der Waals surface area contributed by atoms with Crippen molar-refractivity contribution in [2.45, 2.75) is 110 Å². The van der Waals surface area contributed by atoms with Crippen molar-refractivity contribution in [1.29, 1.82) is 0 Å². The zero-order chi connectivity index (χ0) is 17.6. The highest BCUT2D eigenvalue weighted by atomic mass is 16.6. The van der Waals surface area contributed by atoms with E-state index in [0.717, 1.165) is 12.8 Å². The summed E-state index contributed by atoms with van der Waals surface area (Å²) in [7, 11) is 1.44. The van der Waals surface area contributed by atoms with Crippen molar-refractivity contribution in [3.63, 3.8) is 0 Å². The predicted molar refractivity (Wildman–Crippen MR) is 100 cm³/mol. The van der Waals surface area contributed by atoms with E-state index in [1.807, 2.05) is 0 Å². The van der Waals surface area contributed by atoms with Crippen molar-refractivity contribution in [2.75, 3.05) is 7.11 Å². The van der Waals surface area contributed by atoms with Crippen molar-refractivity contribution >= 4 is 5.97 Å². The van der Waals surface area contributed by atoms with Crippen LogP contribution in [0.1, 0.15) is 97.3 Å². The van der Waals surface area contributed by atoms with Gasteiger partial charge >= 0.3 is 5.97 Å².